The largest absolute Gasteiger partial charge is 0.456 e. The molecule has 0 radical (unpaired) electrons. The van der Waals surface area contributed by atoms with Crippen molar-refractivity contribution in [1.82, 2.24) is 0 Å². The highest BCUT2D eigenvalue weighted by molar-refractivity contribution is 6.23. The average Bonchev–Trinajstić information content (AvgIpc) is 1.50. The fraction of sp³-hybridized carbons (Fsp3) is 0.267. The standard InChI is InChI=1S/C131H121NO3/c1-7-11-15-19-46-76-128(77-47-20-16-12-8-2)104-64-42-38-60-95(104)119-121-100-63-41-45-67-114(100)135-126(121)122-97-73-70-92(81-107(97)129(124(122)123(119)128,78-48-21-17-13-9-3)79-49-22-18-14-10-4)132(91-69-72-96-106(80-91)127(5,6)111-83-101(86-50-28-23-29-51-86)125-120(116(96)111)99-62-40-44-66-113(99)134-125)93-68-71-94-102-84-110-103(85-109(102)131(108(94)82-93,89-56-34-26-35-57-89)90-58-36-27-37-59-90)117-105(74-75-115-118(117)98-61-39-43-65-112(98)133-115)130(110,87-52-30-24-31-53-87)88-54-32-25-33-55-88/h23-45,50-75,80-85H,7-22,46-49,76-79H2,1-6H3. The molecule has 3 heterocycles. The highest BCUT2D eigenvalue weighted by Crippen LogP contribution is 2.70. The molecule has 0 saturated heterocycles. The lowest BCUT2D eigenvalue weighted by molar-refractivity contribution is 0.369. The number of benzene rings is 16. The van der Waals surface area contributed by atoms with Gasteiger partial charge in [0.25, 0.3) is 0 Å². The first-order valence-corrected chi connectivity index (χ1v) is 51.4. The molecule has 0 saturated carbocycles. The molecule has 4 heteroatoms. The van der Waals surface area contributed by atoms with Crippen LogP contribution in [0.3, 0.4) is 0 Å². The third-order valence-electron chi connectivity index (χ3n) is 32.9. The minimum Gasteiger partial charge on any atom is -0.456 e. The molecule has 0 unspecified atom stereocenters. The monoisotopic (exact) mass is 1760 g/mol. The predicted octanol–water partition coefficient (Wildman–Crippen LogP) is 37.5. The molecule has 0 aliphatic heterocycles. The molecule has 16 aromatic carbocycles. The van der Waals surface area contributed by atoms with Gasteiger partial charge in [-0.25, -0.2) is 0 Å². The van der Waals surface area contributed by atoms with Crippen LogP contribution in [-0.2, 0) is 27.1 Å². The van der Waals surface area contributed by atoms with E-state index in [0.29, 0.717) is 0 Å². The van der Waals surface area contributed by atoms with E-state index in [-0.39, 0.29) is 5.41 Å². The van der Waals surface area contributed by atoms with Crippen molar-refractivity contribution in [3.05, 3.63) is 412 Å². The maximum atomic E-state index is 7.88. The summed E-state index contributed by atoms with van der Waals surface area (Å²) in [5, 5.41) is 7.14. The number of nitrogens with zero attached hydrogens (tertiary/aromatic N) is 1. The second-order valence-corrected chi connectivity index (χ2v) is 40.7. The first-order chi connectivity index (χ1) is 66.6. The number of unbranched alkanes of at least 4 members (excludes halogenated alkanes) is 16. The maximum Gasteiger partial charge on any atom is 0.144 e. The zero-order valence-corrected chi connectivity index (χ0v) is 79.4. The molecular weight excluding hydrogens is 1640 g/mol. The van der Waals surface area contributed by atoms with Crippen molar-refractivity contribution < 1.29 is 13.3 Å². The summed E-state index contributed by atoms with van der Waals surface area (Å²) in [4.78, 5) is 2.74. The number of para-hydroxylation sites is 3. The van der Waals surface area contributed by atoms with E-state index in [1.165, 1.54) is 249 Å². The van der Waals surface area contributed by atoms with E-state index in [0.717, 1.165) is 116 Å². The van der Waals surface area contributed by atoms with Gasteiger partial charge in [-0.1, -0.05) is 425 Å². The molecule has 0 atom stereocenters. The molecule has 135 heavy (non-hydrogen) atoms. The summed E-state index contributed by atoms with van der Waals surface area (Å²) >= 11 is 0. The Morgan fingerprint density at radius 1 is 0.230 bits per heavy atom. The number of hydrogen-bond acceptors (Lipinski definition) is 4. The normalized spacial score (nSPS) is 14.9. The number of hydrogen-bond donors (Lipinski definition) is 0. The van der Waals surface area contributed by atoms with E-state index < -0.39 is 21.7 Å². The highest BCUT2D eigenvalue weighted by Gasteiger charge is 2.57. The second-order valence-electron chi connectivity index (χ2n) is 40.7. The van der Waals surface area contributed by atoms with Crippen LogP contribution >= 0.6 is 0 Å². The molecule has 0 spiro atoms. The number of anilines is 3. The SMILES string of the molecule is CCCCCCCC1(CCCCCCC)c2cc(N(c3ccc4c(c3)C(C)(C)c3cc(-c5ccccc5)c5oc6ccccc6c5c3-4)c3ccc4c(c3)C(c3ccccc3)(c3ccccc3)c3cc5c(cc3-4)C(c3ccccc3)(c3ccccc3)c3ccc4oc6ccccc6c4c3-5)ccc2-c2c1c1c(c3c2oc2ccccc23)-c2ccccc2C1(CCCCCCC)CCCCCCC. The topological polar surface area (TPSA) is 42.7 Å². The Bertz CT molecular complexity index is 7660. The Morgan fingerprint density at radius 2 is 0.600 bits per heavy atom. The third kappa shape index (κ3) is 12.9. The smallest absolute Gasteiger partial charge is 0.144 e. The molecule has 19 aromatic rings. The first-order valence-electron chi connectivity index (χ1n) is 51.4. The van der Waals surface area contributed by atoms with Crippen LogP contribution in [0, 0.1) is 0 Å². The Labute approximate surface area is 796 Å². The van der Waals surface area contributed by atoms with Gasteiger partial charge in [0.2, 0.25) is 0 Å². The van der Waals surface area contributed by atoms with Crippen LogP contribution in [0.4, 0.5) is 17.1 Å². The Balaban J connectivity index is 0.798. The Hall–Kier alpha value is -13.3. The van der Waals surface area contributed by atoms with E-state index in [1.807, 2.05) is 0 Å². The fourth-order valence-electron chi connectivity index (χ4n) is 26.9. The van der Waals surface area contributed by atoms with Gasteiger partial charge in [0.15, 0.2) is 0 Å². The van der Waals surface area contributed by atoms with Gasteiger partial charge in [-0.2, -0.15) is 0 Å². The second kappa shape index (κ2) is 34.3. The van der Waals surface area contributed by atoms with Gasteiger partial charge in [0, 0.05) is 76.8 Å². The van der Waals surface area contributed by atoms with Crippen LogP contribution in [0.15, 0.2) is 347 Å². The summed E-state index contributed by atoms with van der Waals surface area (Å²) in [6, 6.07) is 129. The summed E-state index contributed by atoms with van der Waals surface area (Å²) in [7, 11) is 0. The van der Waals surface area contributed by atoms with Gasteiger partial charge in [-0.05, 0) is 238 Å². The molecule has 0 bridgehead atoms. The van der Waals surface area contributed by atoms with Crippen LogP contribution in [0.25, 0.3) is 133 Å². The van der Waals surface area contributed by atoms with E-state index in [4.69, 9.17) is 13.3 Å². The zero-order chi connectivity index (χ0) is 90.7. The van der Waals surface area contributed by atoms with Crippen LogP contribution in [0.2, 0.25) is 0 Å². The molecule has 24 rings (SSSR count). The van der Waals surface area contributed by atoms with E-state index in [1.54, 1.807) is 16.7 Å². The van der Waals surface area contributed by atoms with Gasteiger partial charge >= 0.3 is 0 Å². The number of furan rings is 3. The minimum absolute atomic E-state index is 0.224. The summed E-state index contributed by atoms with van der Waals surface area (Å²) in [6.45, 7) is 14.5. The highest BCUT2D eigenvalue weighted by atomic mass is 16.3. The van der Waals surface area contributed by atoms with Gasteiger partial charge in [0.1, 0.15) is 33.5 Å². The summed E-state index contributed by atoms with van der Waals surface area (Å²) < 4.78 is 22.1. The quantitative estimate of drug-likeness (QED) is 0.0394. The van der Waals surface area contributed by atoms with Crippen LogP contribution in [0.1, 0.15) is 274 Å². The molecule has 0 N–H and O–H groups in total. The molecule has 5 aliphatic rings. The van der Waals surface area contributed by atoms with Crippen molar-refractivity contribution in [2.45, 2.75) is 223 Å². The van der Waals surface area contributed by atoms with Crippen molar-refractivity contribution in [2.24, 2.45) is 0 Å². The fourth-order valence-corrected chi connectivity index (χ4v) is 26.9. The zero-order valence-electron chi connectivity index (χ0n) is 79.4. The molecular formula is C131H121NO3. The van der Waals surface area contributed by atoms with Crippen molar-refractivity contribution in [3.8, 4) is 66.8 Å². The van der Waals surface area contributed by atoms with Crippen LogP contribution in [-0.4, -0.2) is 0 Å². The molecule has 0 fully saturated rings. The minimum atomic E-state index is -0.851. The summed E-state index contributed by atoms with van der Waals surface area (Å²) in [5.41, 5.74) is 40.5. The molecule has 5 aliphatic carbocycles. The van der Waals surface area contributed by atoms with Crippen molar-refractivity contribution in [3.63, 3.8) is 0 Å². The number of fused-ring (bicyclic) bond motifs is 29. The van der Waals surface area contributed by atoms with Crippen molar-refractivity contribution in [2.75, 3.05) is 4.90 Å². The average molecular weight is 1760 g/mol. The van der Waals surface area contributed by atoms with Crippen molar-refractivity contribution >= 4 is 82.9 Å². The van der Waals surface area contributed by atoms with Crippen LogP contribution < -0.4 is 4.90 Å². The molecule has 4 nitrogen and oxygen atoms in total. The third-order valence-corrected chi connectivity index (χ3v) is 32.9. The van der Waals surface area contributed by atoms with Gasteiger partial charge in [-0.3, -0.25) is 0 Å². The molecule has 3 aromatic heterocycles. The van der Waals surface area contributed by atoms with Gasteiger partial charge < -0.3 is 18.2 Å². The number of rotatable bonds is 32. The predicted molar refractivity (Wildman–Crippen MR) is 567 cm³/mol. The molecule has 0 amide bonds. The maximum absolute atomic E-state index is 7.88. The summed E-state index contributed by atoms with van der Waals surface area (Å²) in [5.74, 6) is 0. The van der Waals surface area contributed by atoms with Crippen LogP contribution in [0.5, 0.6) is 0 Å². The van der Waals surface area contributed by atoms with Gasteiger partial charge in [0.05, 0.1) is 10.8 Å². The van der Waals surface area contributed by atoms with E-state index in [9.17, 15) is 0 Å². The lowest BCUT2D eigenvalue weighted by Gasteiger charge is -2.40. The lowest BCUT2D eigenvalue weighted by Crippen LogP contribution is -2.33. The van der Waals surface area contributed by atoms with E-state index in [2.05, 4.69) is 380 Å². The van der Waals surface area contributed by atoms with Gasteiger partial charge in [-0.15, -0.1) is 0 Å². The Morgan fingerprint density at radius 3 is 1.13 bits per heavy atom. The first kappa shape index (κ1) is 84.7. The Kier molecular flexibility index (Phi) is 21.5. The molecule has 668 valence electrons. The van der Waals surface area contributed by atoms with E-state index >= 15 is 0 Å². The van der Waals surface area contributed by atoms with Crippen molar-refractivity contribution in [1.29, 1.82) is 0 Å². The lowest BCUT2D eigenvalue weighted by atomic mass is 9.62. The summed E-state index contributed by atoms with van der Waals surface area (Å²) in [6.07, 6.45) is 28.8.